The fourth-order valence-electron chi connectivity index (χ4n) is 1.30. The number of rotatable bonds is 5. The average Bonchev–Trinajstić information content (AvgIpc) is 2.20. The smallest absolute Gasteiger partial charge is 0.320 e. The number of hydrogen-bond acceptors (Lipinski definition) is 4. The standard InChI is InChI=1S/C10H17NO3/c1-2-5-11-8-10(12)14-9-3-6-13-7-4-9/h2,9,11H,1,3-8H2. The van der Waals surface area contributed by atoms with Crippen molar-refractivity contribution >= 4 is 5.97 Å². The van der Waals surface area contributed by atoms with Crippen LogP contribution < -0.4 is 5.32 Å². The minimum Gasteiger partial charge on any atom is -0.461 e. The third-order valence-corrected chi connectivity index (χ3v) is 2.02. The molecule has 0 radical (unpaired) electrons. The highest BCUT2D eigenvalue weighted by atomic mass is 16.6. The van der Waals surface area contributed by atoms with Crippen molar-refractivity contribution in [3.63, 3.8) is 0 Å². The number of ether oxygens (including phenoxy) is 2. The molecule has 1 fully saturated rings. The molecule has 4 nitrogen and oxygen atoms in total. The van der Waals surface area contributed by atoms with Gasteiger partial charge in [-0.15, -0.1) is 6.58 Å². The van der Waals surface area contributed by atoms with Gasteiger partial charge in [0.1, 0.15) is 6.10 Å². The van der Waals surface area contributed by atoms with Crippen molar-refractivity contribution in [3.8, 4) is 0 Å². The van der Waals surface area contributed by atoms with E-state index >= 15 is 0 Å². The van der Waals surface area contributed by atoms with Gasteiger partial charge >= 0.3 is 5.97 Å². The van der Waals surface area contributed by atoms with Crippen LogP contribution in [0, 0.1) is 0 Å². The van der Waals surface area contributed by atoms with E-state index in [1.165, 1.54) is 0 Å². The Labute approximate surface area is 84.3 Å². The maximum absolute atomic E-state index is 11.2. The Morgan fingerprint density at radius 1 is 1.57 bits per heavy atom. The first-order valence-corrected chi connectivity index (χ1v) is 4.91. The van der Waals surface area contributed by atoms with Crippen LogP contribution in [0.2, 0.25) is 0 Å². The molecule has 0 amide bonds. The number of carbonyl (C=O) groups excluding carboxylic acids is 1. The fourth-order valence-corrected chi connectivity index (χ4v) is 1.30. The third-order valence-electron chi connectivity index (χ3n) is 2.02. The molecule has 1 heterocycles. The Morgan fingerprint density at radius 2 is 2.29 bits per heavy atom. The van der Waals surface area contributed by atoms with Gasteiger partial charge < -0.3 is 14.8 Å². The maximum Gasteiger partial charge on any atom is 0.320 e. The second-order valence-electron chi connectivity index (χ2n) is 3.22. The summed E-state index contributed by atoms with van der Waals surface area (Å²) in [7, 11) is 0. The van der Waals surface area contributed by atoms with E-state index in [9.17, 15) is 4.79 Å². The van der Waals surface area contributed by atoms with Crippen LogP contribution in [0.25, 0.3) is 0 Å². The zero-order valence-corrected chi connectivity index (χ0v) is 8.33. The molecule has 0 saturated carbocycles. The minimum absolute atomic E-state index is 0.0433. The summed E-state index contributed by atoms with van der Waals surface area (Å²) in [6, 6.07) is 0. The van der Waals surface area contributed by atoms with Gasteiger partial charge in [0.25, 0.3) is 0 Å². The molecule has 1 aliphatic rings. The summed E-state index contributed by atoms with van der Waals surface area (Å²) in [6.07, 6.45) is 3.38. The lowest BCUT2D eigenvalue weighted by Crippen LogP contribution is -2.31. The van der Waals surface area contributed by atoms with E-state index in [1.54, 1.807) is 6.08 Å². The van der Waals surface area contributed by atoms with Crippen molar-refractivity contribution in [2.75, 3.05) is 26.3 Å². The van der Waals surface area contributed by atoms with Crippen molar-refractivity contribution in [2.24, 2.45) is 0 Å². The summed E-state index contributed by atoms with van der Waals surface area (Å²) >= 11 is 0. The van der Waals surface area contributed by atoms with E-state index in [4.69, 9.17) is 9.47 Å². The lowest BCUT2D eigenvalue weighted by Gasteiger charge is -2.22. The van der Waals surface area contributed by atoms with Gasteiger partial charge in [0.05, 0.1) is 19.8 Å². The summed E-state index contributed by atoms with van der Waals surface area (Å²) in [5.74, 6) is -0.196. The molecule has 0 bridgehead atoms. The Kier molecular flexibility index (Phi) is 5.25. The van der Waals surface area contributed by atoms with Gasteiger partial charge in [-0.2, -0.15) is 0 Å². The fraction of sp³-hybridized carbons (Fsp3) is 0.700. The molecule has 14 heavy (non-hydrogen) atoms. The summed E-state index contributed by atoms with van der Waals surface area (Å²) in [5.41, 5.74) is 0. The van der Waals surface area contributed by atoms with E-state index in [0.717, 1.165) is 12.8 Å². The normalized spacial score (nSPS) is 17.7. The molecule has 0 aliphatic carbocycles. The first kappa shape index (κ1) is 11.2. The molecule has 0 unspecified atom stereocenters. The summed E-state index contributed by atoms with van der Waals surface area (Å²) in [6.45, 7) is 5.81. The summed E-state index contributed by atoms with van der Waals surface area (Å²) in [5, 5.41) is 2.90. The zero-order chi connectivity index (χ0) is 10.2. The minimum atomic E-state index is -0.196. The molecule has 1 rings (SSSR count). The van der Waals surface area contributed by atoms with E-state index in [1.807, 2.05) is 0 Å². The molecule has 1 aliphatic heterocycles. The van der Waals surface area contributed by atoms with Crippen molar-refractivity contribution in [3.05, 3.63) is 12.7 Å². The lowest BCUT2D eigenvalue weighted by molar-refractivity contribution is -0.151. The van der Waals surface area contributed by atoms with Gasteiger partial charge in [-0.3, -0.25) is 4.79 Å². The van der Waals surface area contributed by atoms with Crippen molar-refractivity contribution in [1.82, 2.24) is 5.32 Å². The lowest BCUT2D eigenvalue weighted by atomic mass is 10.1. The van der Waals surface area contributed by atoms with E-state index in [-0.39, 0.29) is 18.6 Å². The molecule has 0 aromatic carbocycles. The topological polar surface area (TPSA) is 47.6 Å². The first-order chi connectivity index (χ1) is 6.83. The number of esters is 1. The molecule has 4 heteroatoms. The van der Waals surface area contributed by atoms with Crippen LogP contribution in [0.15, 0.2) is 12.7 Å². The van der Waals surface area contributed by atoms with Gasteiger partial charge in [-0.1, -0.05) is 6.08 Å². The number of carbonyl (C=O) groups is 1. The molecule has 1 N–H and O–H groups in total. The van der Waals surface area contributed by atoms with Gasteiger partial charge in [-0.05, 0) is 0 Å². The average molecular weight is 199 g/mol. The molecular formula is C10H17NO3. The van der Waals surface area contributed by atoms with Crippen LogP contribution in [-0.2, 0) is 14.3 Å². The third kappa shape index (κ3) is 4.39. The van der Waals surface area contributed by atoms with Crippen LogP contribution >= 0.6 is 0 Å². The second-order valence-corrected chi connectivity index (χ2v) is 3.22. The van der Waals surface area contributed by atoms with Crippen LogP contribution in [0.4, 0.5) is 0 Å². The van der Waals surface area contributed by atoms with Crippen LogP contribution in [0.5, 0.6) is 0 Å². The Bertz CT molecular complexity index is 188. The Morgan fingerprint density at radius 3 is 2.93 bits per heavy atom. The highest BCUT2D eigenvalue weighted by Gasteiger charge is 2.17. The maximum atomic E-state index is 11.2. The second kappa shape index (κ2) is 6.56. The largest absolute Gasteiger partial charge is 0.461 e. The predicted molar refractivity (Wildman–Crippen MR) is 53.0 cm³/mol. The zero-order valence-electron chi connectivity index (χ0n) is 8.33. The van der Waals surface area contributed by atoms with Gasteiger partial charge in [0.2, 0.25) is 0 Å². The predicted octanol–water partition coefficient (Wildman–Crippen LogP) is 0.484. The molecule has 1 saturated heterocycles. The van der Waals surface area contributed by atoms with Crippen molar-refractivity contribution in [2.45, 2.75) is 18.9 Å². The van der Waals surface area contributed by atoms with Gasteiger partial charge in [0.15, 0.2) is 0 Å². The molecule has 0 atom stereocenters. The first-order valence-electron chi connectivity index (χ1n) is 4.91. The van der Waals surface area contributed by atoms with Crippen molar-refractivity contribution < 1.29 is 14.3 Å². The molecule has 0 spiro atoms. The van der Waals surface area contributed by atoms with Crippen LogP contribution in [0.1, 0.15) is 12.8 Å². The van der Waals surface area contributed by atoms with Crippen LogP contribution in [0.3, 0.4) is 0 Å². The summed E-state index contributed by atoms with van der Waals surface area (Å²) in [4.78, 5) is 11.2. The SMILES string of the molecule is C=CCNCC(=O)OC1CCOCC1. The highest BCUT2D eigenvalue weighted by Crippen LogP contribution is 2.10. The summed E-state index contributed by atoms with van der Waals surface area (Å²) < 4.78 is 10.4. The Balaban J connectivity index is 2.09. The molecular weight excluding hydrogens is 182 g/mol. The van der Waals surface area contributed by atoms with Gasteiger partial charge in [0, 0.05) is 19.4 Å². The molecule has 0 aromatic rings. The monoisotopic (exact) mass is 199 g/mol. The van der Waals surface area contributed by atoms with E-state index in [2.05, 4.69) is 11.9 Å². The quantitative estimate of drug-likeness (QED) is 0.397. The van der Waals surface area contributed by atoms with E-state index < -0.39 is 0 Å². The number of nitrogens with one attached hydrogen (secondary N) is 1. The van der Waals surface area contributed by atoms with Crippen LogP contribution in [-0.4, -0.2) is 38.4 Å². The molecule has 80 valence electrons. The van der Waals surface area contributed by atoms with E-state index in [0.29, 0.717) is 19.8 Å². The Hall–Kier alpha value is -0.870. The molecule has 0 aromatic heterocycles. The number of hydrogen-bond donors (Lipinski definition) is 1. The van der Waals surface area contributed by atoms with Crippen molar-refractivity contribution in [1.29, 1.82) is 0 Å². The highest BCUT2D eigenvalue weighted by molar-refractivity contribution is 5.71. The van der Waals surface area contributed by atoms with Gasteiger partial charge in [-0.25, -0.2) is 0 Å².